The first-order chi connectivity index (χ1) is 6.65. The van der Waals surface area contributed by atoms with Gasteiger partial charge in [-0.15, -0.1) is 0 Å². The van der Waals surface area contributed by atoms with E-state index >= 15 is 0 Å². The first kappa shape index (κ1) is 9.53. The van der Waals surface area contributed by atoms with E-state index in [1.807, 2.05) is 0 Å². The average Bonchev–Trinajstić information content (AvgIpc) is 2.48. The zero-order valence-electron chi connectivity index (χ0n) is 9.05. The zero-order valence-corrected chi connectivity index (χ0v) is 9.05. The lowest BCUT2D eigenvalue weighted by Gasteiger charge is -2.15. The summed E-state index contributed by atoms with van der Waals surface area (Å²) < 4.78 is 5.39. The largest absolute Gasteiger partial charge is 0.496 e. The SMILES string of the molecule is COc1c(C)cc2c(c1C)[C@@H](N)CC2. The van der Waals surface area contributed by atoms with E-state index in [2.05, 4.69) is 19.9 Å². The van der Waals surface area contributed by atoms with Gasteiger partial charge >= 0.3 is 0 Å². The maximum Gasteiger partial charge on any atom is 0.125 e. The van der Waals surface area contributed by atoms with Crippen LogP contribution in [0.15, 0.2) is 6.07 Å². The van der Waals surface area contributed by atoms with Gasteiger partial charge in [0.25, 0.3) is 0 Å². The summed E-state index contributed by atoms with van der Waals surface area (Å²) in [6, 6.07) is 2.42. The average molecular weight is 191 g/mol. The molecule has 0 radical (unpaired) electrons. The Morgan fingerprint density at radius 2 is 2.14 bits per heavy atom. The monoisotopic (exact) mass is 191 g/mol. The molecular weight excluding hydrogens is 174 g/mol. The summed E-state index contributed by atoms with van der Waals surface area (Å²) in [5.41, 5.74) is 11.2. The Kier molecular flexibility index (Phi) is 2.23. The van der Waals surface area contributed by atoms with Gasteiger partial charge in [-0.2, -0.15) is 0 Å². The maximum atomic E-state index is 6.07. The van der Waals surface area contributed by atoms with Crippen LogP contribution in [0, 0.1) is 13.8 Å². The fraction of sp³-hybridized carbons (Fsp3) is 0.500. The van der Waals surface area contributed by atoms with E-state index in [0.29, 0.717) is 0 Å². The lowest BCUT2D eigenvalue weighted by molar-refractivity contribution is 0.407. The molecule has 0 saturated heterocycles. The van der Waals surface area contributed by atoms with Gasteiger partial charge in [-0.3, -0.25) is 0 Å². The topological polar surface area (TPSA) is 35.2 Å². The summed E-state index contributed by atoms with van der Waals surface area (Å²) in [4.78, 5) is 0. The smallest absolute Gasteiger partial charge is 0.125 e. The van der Waals surface area contributed by atoms with Crippen LogP contribution >= 0.6 is 0 Å². The third-order valence-electron chi connectivity index (χ3n) is 3.14. The molecule has 0 amide bonds. The third-order valence-corrected chi connectivity index (χ3v) is 3.14. The van der Waals surface area contributed by atoms with Crippen molar-refractivity contribution >= 4 is 0 Å². The molecule has 2 rings (SSSR count). The van der Waals surface area contributed by atoms with Crippen LogP contribution in [0.2, 0.25) is 0 Å². The molecule has 0 aromatic heterocycles. The number of nitrogens with two attached hydrogens (primary N) is 1. The third kappa shape index (κ3) is 1.22. The van der Waals surface area contributed by atoms with Crippen molar-refractivity contribution in [3.63, 3.8) is 0 Å². The van der Waals surface area contributed by atoms with Crippen LogP contribution in [-0.4, -0.2) is 7.11 Å². The summed E-state index contributed by atoms with van der Waals surface area (Å²) in [6.07, 6.45) is 2.19. The molecule has 0 bridgehead atoms. The van der Waals surface area contributed by atoms with Crippen LogP contribution in [0.25, 0.3) is 0 Å². The zero-order chi connectivity index (χ0) is 10.3. The van der Waals surface area contributed by atoms with Crippen LogP contribution in [0.4, 0.5) is 0 Å². The van der Waals surface area contributed by atoms with Gasteiger partial charge in [0.2, 0.25) is 0 Å². The van der Waals surface area contributed by atoms with Crippen molar-refractivity contribution in [2.45, 2.75) is 32.7 Å². The van der Waals surface area contributed by atoms with Gasteiger partial charge in [0.15, 0.2) is 0 Å². The first-order valence-electron chi connectivity index (χ1n) is 5.07. The van der Waals surface area contributed by atoms with E-state index in [4.69, 9.17) is 10.5 Å². The Labute approximate surface area is 85.1 Å². The number of rotatable bonds is 1. The Bertz CT molecular complexity index is 371. The molecule has 0 heterocycles. The predicted molar refractivity (Wildman–Crippen MR) is 57.7 cm³/mol. The minimum absolute atomic E-state index is 0.208. The lowest BCUT2D eigenvalue weighted by atomic mass is 9.98. The van der Waals surface area contributed by atoms with Gasteiger partial charge in [0, 0.05) is 6.04 Å². The number of fused-ring (bicyclic) bond motifs is 1. The Morgan fingerprint density at radius 3 is 2.79 bits per heavy atom. The molecule has 76 valence electrons. The van der Waals surface area contributed by atoms with Gasteiger partial charge in [-0.25, -0.2) is 0 Å². The Morgan fingerprint density at radius 1 is 1.43 bits per heavy atom. The van der Waals surface area contributed by atoms with Crippen LogP contribution in [0.3, 0.4) is 0 Å². The fourth-order valence-electron chi connectivity index (χ4n) is 2.56. The van der Waals surface area contributed by atoms with Crippen LogP contribution < -0.4 is 10.5 Å². The maximum absolute atomic E-state index is 6.07. The number of methoxy groups -OCH3 is 1. The second-order valence-corrected chi connectivity index (χ2v) is 4.07. The van der Waals surface area contributed by atoms with Crippen molar-refractivity contribution in [3.05, 3.63) is 28.3 Å². The van der Waals surface area contributed by atoms with Gasteiger partial charge < -0.3 is 10.5 Å². The Hall–Kier alpha value is -1.02. The molecule has 1 aliphatic rings. The normalized spacial score (nSPS) is 19.6. The van der Waals surface area contributed by atoms with Crippen molar-refractivity contribution in [1.29, 1.82) is 0 Å². The first-order valence-corrected chi connectivity index (χ1v) is 5.07. The number of hydrogen-bond donors (Lipinski definition) is 1. The van der Waals surface area contributed by atoms with Crippen LogP contribution in [0.1, 0.15) is 34.7 Å². The highest BCUT2D eigenvalue weighted by atomic mass is 16.5. The van der Waals surface area contributed by atoms with Crippen LogP contribution in [-0.2, 0) is 6.42 Å². The van der Waals surface area contributed by atoms with Crippen molar-refractivity contribution in [1.82, 2.24) is 0 Å². The quantitative estimate of drug-likeness (QED) is 0.739. The fourth-order valence-corrected chi connectivity index (χ4v) is 2.56. The minimum Gasteiger partial charge on any atom is -0.496 e. The minimum atomic E-state index is 0.208. The second-order valence-electron chi connectivity index (χ2n) is 4.07. The summed E-state index contributed by atoms with van der Waals surface area (Å²) >= 11 is 0. The molecule has 0 spiro atoms. The summed E-state index contributed by atoms with van der Waals surface area (Å²) in [6.45, 7) is 4.20. The summed E-state index contributed by atoms with van der Waals surface area (Å²) in [5.74, 6) is 1.00. The number of hydrogen-bond acceptors (Lipinski definition) is 2. The van der Waals surface area contributed by atoms with Crippen molar-refractivity contribution in [2.24, 2.45) is 5.73 Å². The van der Waals surface area contributed by atoms with E-state index in [1.54, 1.807) is 7.11 Å². The molecule has 2 nitrogen and oxygen atoms in total. The molecule has 0 saturated carbocycles. The molecular formula is C12H17NO. The van der Waals surface area contributed by atoms with Gasteiger partial charge in [0.1, 0.15) is 5.75 Å². The van der Waals surface area contributed by atoms with Gasteiger partial charge in [-0.05, 0) is 48.9 Å². The highest BCUT2D eigenvalue weighted by Crippen LogP contribution is 2.38. The standard InChI is InChI=1S/C12H17NO/c1-7-6-9-4-5-10(13)11(9)8(2)12(7)14-3/h6,10H,4-5,13H2,1-3H3/t10-/m0/s1. The molecule has 1 atom stereocenters. The van der Waals surface area contributed by atoms with E-state index < -0.39 is 0 Å². The summed E-state index contributed by atoms with van der Waals surface area (Å²) in [7, 11) is 1.72. The molecule has 2 heteroatoms. The lowest BCUT2D eigenvalue weighted by Crippen LogP contribution is -2.08. The molecule has 0 fully saturated rings. The number of aryl methyl sites for hydroxylation is 2. The molecule has 0 unspecified atom stereocenters. The van der Waals surface area contributed by atoms with E-state index in [0.717, 1.165) is 18.6 Å². The highest BCUT2D eigenvalue weighted by Gasteiger charge is 2.23. The second kappa shape index (κ2) is 3.28. The number of benzene rings is 1. The van der Waals surface area contributed by atoms with E-state index in [-0.39, 0.29) is 6.04 Å². The molecule has 14 heavy (non-hydrogen) atoms. The van der Waals surface area contributed by atoms with Crippen molar-refractivity contribution < 1.29 is 4.74 Å². The van der Waals surface area contributed by atoms with Crippen LogP contribution in [0.5, 0.6) is 5.75 Å². The molecule has 1 aromatic rings. The highest BCUT2D eigenvalue weighted by molar-refractivity contribution is 5.52. The van der Waals surface area contributed by atoms with Gasteiger partial charge in [0.05, 0.1) is 7.11 Å². The molecule has 1 aromatic carbocycles. The predicted octanol–water partition coefficient (Wildman–Crippen LogP) is 2.26. The van der Waals surface area contributed by atoms with E-state index in [1.165, 1.54) is 22.3 Å². The van der Waals surface area contributed by atoms with Crippen molar-refractivity contribution in [3.8, 4) is 5.75 Å². The number of ether oxygens (including phenoxy) is 1. The van der Waals surface area contributed by atoms with Crippen molar-refractivity contribution in [2.75, 3.05) is 7.11 Å². The molecule has 2 N–H and O–H groups in total. The molecule has 1 aliphatic carbocycles. The Balaban J connectivity index is 2.64. The van der Waals surface area contributed by atoms with E-state index in [9.17, 15) is 0 Å². The van der Waals surface area contributed by atoms with Gasteiger partial charge in [-0.1, -0.05) is 6.07 Å². The summed E-state index contributed by atoms with van der Waals surface area (Å²) in [5, 5.41) is 0. The molecule has 0 aliphatic heterocycles.